The van der Waals surface area contributed by atoms with Crippen LogP contribution in [0.15, 0.2) is 18.2 Å². The molecule has 0 aliphatic carbocycles. The van der Waals surface area contributed by atoms with E-state index < -0.39 is 0 Å². The van der Waals surface area contributed by atoms with Gasteiger partial charge < -0.3 is 11.1 Å². The van der Waals surface area contributed by atoms with Crippen molar-refractivity contribution in [3.05, 3.63) is 23.8 Å². The summed E-state index contributed by atoms with van der Waals surface area (Å²) in [6.07, 6.45) is 0. The lowest BCUT2D eigenvalue weighted by Gasteiger charge is -2.40. The Morgan fingerprint density at radius 3 is 2.90 bits per heavy atom. The lowest BCUT2D eigenvalue weighted by molar-refractivity contribution is -0.121. The molecule has 1 amide bonds. The Kier molecular flexibility index (Phi) is 5.17. The highest BCUT2D eigenvalue weighted by Gasteiger charge is 2.31. The van der Waals surface area contributed by atoms with Gasteiger partial charge in [-0.2, -0.15) is 11.8 Å². The number of anilines is 2. The van der Waals surface area contributed by atoms with Crippen molar-refractivity contribution in [2.75, 3.05) is 23.3 Å². The van der Waals surface area contributed by atoms with Gasteiger partial charge in [0.25, 0.3) is 0 Å². The Labute approximate surface area is 131 Å². The number of nitrogen functional groups attached to an aromatic ring is 1. The summed E-state index contributed by atoms with van der Waals surface area (Å²) in [6, 6.07) is 5.88. The first-order valence-corrected chi connectivity index (χ1v) is 8.50. The van der Waals surface area contributed by atoms with Crippen LogP contribution in [0.3, 0.4) is 0 Å². The van der Waals surface area contributed by atoms with Crippen molar-refractivity contribution < 1.29 is 4.79 Å². The molecule has 0 saturated carbocycles. The Morgan fingerprint density at radius 2 is 2.19 bits per heavy atom. The first-order valence-electron chi connectivity index (χ1n) is 7.45. The van der Waals surface area contributed by atoms with Crippen molar-refractivity contribution in [3.63, 3.8) is 0 Å². The minimum Gasteiger partial charge on any atom is -0.398 e. The second kappa shape index (κ2) is 6.71. The maximum atomic E-state index is 12.5. The van der Waals surface area contributed by atoms with Gasteiger partial charge in [0.05, 0.1) is 6.04 Å². The van der Waals surface area contributed by atoms with Crippen molar-refractivity contribution in [1.82, 2.24) is 4.90 Å². The lowest BCUT2D eigenvalue weighted by Crippen LogP contribution is -2.53. The molecule has 1 fully saturated rings. The summed E-state index contributed by atoms with van der Waals surface area (Å²) in [5.41, 5.74) is 8.33. The van der Waals surface area contributed by atoms with Crippen LogP contribution >= 0.6 is 11.8 Å². The van der Waals surface area contributed by atoms with Gasteiger partial charge in [0.15, 0.2) is 0 Å². The predicted octanol–water partition coefficient (Wildman–Crippen LogP) is 2.73. The predicted molar refractivity (Wildman–Crippen MR) is 91.8 cm³/mol. The summed E-state index contributed by atoms with van der Waals surface area (Å²) in [6.45, 7) is 9.30. The number of hydrogen-bond donors (Lipinski definition) is 2. The quantitative estimate of drug-likeness (QED) is 0.843. The molecule has 116 valence electrons. The van der Waals surface area contributed by atoms with E-state index in [2.05, 4.69) is 24.1 Å². The Bertz CT molecular complexity index is 520. The monoisotopic (exact) mass is 307 g/mol. The van der Waals surface area contributed by atoms with E-state index in [-0.39, 0.29) is 11.9 Å². The molecule has 1 aromatic rings. The molecule has 0 aromatic heterocycles. The van der Waals surface area contributed by atoms with Crippen LogP contribution in [0.5, 0.6) is 0 Å². The van der Waals surface area contributed by atoms with Crippen molar-refractivity contribution >= 4 is 29.0 Å². The molecule has 2 rings (SSSR count). The molecule has 1 aliphatic rings. The minimum atomic E-state index is -0.135. The largest absolute Gasteiger partial charge is 0.398 e. The number of amides is 1. The maximum Gasteiger partial charge on any atom is 0.241 e. The van der Waals surface area contributed by atoms with Gasteiger partial charge in [-0.25, -0.2) is 0 Å². The SMILES string of the molecule is Cc1c(N)cccc1NC(=O)C(C)N1CCSC(C)C1C. The summed E-state index contributed by atoms with van der Waals surface area (Å²) >= 11 is 1.98. The highest BCUT2D eigenvalue weighted by molar-refractivity contribution is 8.00. The van der Waals surface area contributed by atoms with Gasteiger partial charge in [0, 0.05) is 35.0 Å². The Balaban J connectivity index is 2.07. The Hall–Kier alpha value is -1.20. The standard InChI is InChI=1S/C16H25N3OS/c1-10-14(17)6-5-7-15(10)18-16(20)12(3)19-8-9-21-13(4)11(19)2/h5-7,11-13H,8-9,17H2,1-4H3,(H,18,20). The van der Waals surface area contributed by atoms with E-state index in [0.717, 1.165) is 23.5 Å². The third-order valence-corrected chi connectivity index (χ3v) is 5.78. The van der Waals surface area contributed by atoms with Crippen molar-refractivity contribution in [2.45, 2.75) is 45.0 Å². The highest BCUT2D eigenvalue weighted by Crippen LogP contribution is 2.27. The van der Waals surface area contributed by atoms with E-state index in [9.17, 15) is 4.79 Å². The molecule has 3 N–H and O–H groups in total. The zero-order chi connectivity index (χ0) is 15.6. The minimum absolute atomic E-state index is 0.0367. The zero-order valence-electron chi connectivity index (χ0n) is 13.2. The number of carbonyl (C=O) groups is 1. The van der Waals surface area contributed by atoms with Crippen LogP contribution < -0.4 is 11.1 Å². The molecule has 1 heterocycles. The molecular formula is C16H25N3OS. The molecule has 1 aromatic carbocycles. The number of nitrogens with zero attached hydrogens (tertiary/aromatic N) is 1. The summed E-state index contributed by atoms with van der Waals surface area (Å²) in [5, 5.41) is 3.57. The zero-order valence-corrected chi connectivity index (χ0v) is 14.0. The van der Waals surface area contributed by atoms with Crippen LogP contribution in [0.4, 0.5) is 11.4 Å². The normalized spacial score (nSPS) is 24.6. The van der Waals surface area contributed by atoms with E-state index in [4.69, 9.17) is 5.73 Å². The van der Waals surface area contributed by atoms with E-state index in [1.54, 1.807) is 0 Å². The number of nitrogens with two attached hydrogens (primary N) is 1. The number of hydrogen-bond acceptors (Lipinski definition) is 4. The van der Waals surface area contributed by atoms with Crippen LogP contribution in [0.25, 0.3) is 0 Å². The number of rotatable bonds is 3. The molecule has 1 saturated heterocycles. The van der Waals surface area contributed by atoms with Gasteiger partial charge in [-0.3, -0.25) is 9.69 Å². The summed E-state index contributed by atoms with van der Waals surface area (Å²) < 4.78 is 0. The van der Waals surface area contributed by atoms with Crippen molar-refractivity contribution in [1.29, 1.82) is 0 Å². The van der Waals surface area contributed by atoms with Gasteiger partial charge in [0.1, 0.15) is 0 Å². The van der Waals surface area contributed by atoms with E-state index in [0.29, 0.717) is 17.0 Å². The molecule has 0 radical (unpaired) electrons. The van der Waals surface area contributed by atoms with E-state index in [1.807, 2.05) is 43.8 Å². The molecule has 3 unspecified atom stereocenters. The summed E-state index contributed by atoms with van der Waals surface area (Å²) in [4.78, 5) is 14.8. The summed E-state index contributed by atoms with van der Waals surface area (Å²) in [5.74, 6) is 1.12. The van der Waals surface area contributed by atoms with Gasteiger partial charge in [-0.15, -0.1) is 0 Å². The fraction of sp³-hybridized carbons (Fsp3) is 0.562. The fourth-order valence-corrected chi connectivity index (χ4v) is 3.80. The third kappa shape index (κ3) is 3.52. The fourth-order valence-electron chi connectivity index (χ4n) is 2.68. The van der Waals surface area contributed by atoms with Gasteiger partial charge in [-0.05, 0) is 38.5 Å². The molecule has 21 heavy (non-hydrogen) atoms. The first kappa shape index (κ1) is 16.2. The number of carbonyl (C=O) groups excluding carboxylic acids is 1. The van der Waals surface area contributed by atoms with Crippen LogP contribution in [-0.4, -0.2) is 40.4 Å². The van der Waals surface area contributed by atoms with E-state index in [1.165, 1.54) is 0 Å². The molecule has 0 spiro atoms. The summed E-state index contributed by atoms with van der Waals surface area (Å²) in [7, 11) is 0. The van der Waals surface area contributed by atoms with Crippen molar-refractivity contribution in [3.8, 4) is 0 Å². The molecule has 1 aliphatic heterocycles. The molecular weight excluding hydrogens is 282 g/mol. The second-order valence-corrected chi connectivity index (χ2v) is 7.22. The highest BCUT2D eigenvalue weighted by atomic mass is 32.2. The van der Waals surface area contributed by atoms with Crippen LogP contribution in [0.1, 0.15) is 26.3 Å². The van der Waals surface area contributed by atoms with Crippen LogP contribution in [-0.2, 0) is 4.79 Å². The van der Waals surface area contributed by atoms with Gasteiger partial charge in [0.2, 0.25) is 5.91 Å². The third-order valence-electron chi connectivity index (χ3n) is 4.44. The second-order valence-electron chi connectivity index (χ2n) is 5.74. The number of thioether (sulfide) groups is 1. The van der Waals surface area contributed by atoms with Crippen LogP contribution in [0.2, 0.25) is 0 Å². The first-order chi connectivity index (χ1) is 9.91. The van der Waals surface area contributed by atoms with Gasteiger partial charge in [-0.1, -0.05) is 13.0 Å². The molecule has 0 bridgehead atoms. The Morgan fingerprint density at radius 1 is 1.48 bits per heavy atom. The maximum absolute atomic E-state index is 12.5. The number of benzene rings is 1. The molecule has 4 nitrogen and oxygen atoms in total. The topological polar surface area (TPSA) is 58.4 Å². The molecule has 3 atom stereocenters. The van der Waals surface area contributed by atoms with Crippen LogP contribution in [0, 0.1) is 6.92 Å². The van der Waals surface area contributed by atoms with Gasteiger partial charge >= 0.3 is 0 Å². The average molecular weight is 307 g/mol. The van der Waals surface area contributed by atoms with E-state index >= 15 is 0 Å². The molecule has 5 heteroatoms. The lowest BCUT2D eigenvalue weighted by atomic mass is 10.1. The average Bonchev–Trinajstić information content (AvgIpc) is 2.46. The van der Waals surface area contributed by atoms with Crippen molar-refractivity contribution in [2.24, 2.45) is 0 Å². The number of nitrogens with one attached hydrogen (secondary N) is 1. The smallest absolute Gasteiger partial charge is 0.241 e.